The second kappa shape index (κ2) is 7.29. The maximum Gasteiger partial charge on any atom is 0.335 e. The van der Waals surface area contributed by atoms with Crippen LogP contribution in [0.3, 0.4) is 0 Å². The first-order valence-corrected chi connectivity index (χ1v) is 6.18. The molecule has 94 valence electrons. The SMILES string of the molecule is CCOCCCOc1cc(C(=O)O)ccc1Br. The molecule has 1 rings (SSSR count). The van der Waals surface area contributed by atoms with Gasteiger partial charge in [-0.15, -0.1) is 0 Å². The molecule has 0 aliphatic rings. The third-order valence-electron chi connectivity index (χ3n) is 2.07. The molecule has 0 saturated carbocycles. The lowest BCUT2D eigenvalue weighted by atomic mass is 10.2. The summed E-state index contributed by atoms with van der Waals surface area (Å²) in [5, 5.41) is 8.85. The summed E-state index contributed by atoms with van der Waals surface area (Å²) in [7, 11) is 0. The van der Waals surface area contributed by atoms with Crippen LogP contribution in [0.2, 0.25) is 0 Å². The third-order valence-corrected chi connectivity index (χ3v) is 2.73. The topological polar surface area (TPSA) is 55.8 Å². The van der Waals surface area contributed by atoms with E-state index in [0.29, 0.717) is 25.6 Å². The number of halogens is 1. The Morgan fingerprint density at radius 2 is 2.18 bits per heavy atom. The highest BCUT2D eigenvalue weighted by Crippen LogP contribution is 2.26. The smallest absolute Gasteiger partial charge is 0.335 e. The van der Waals surface area contributed by atoms with E-state index < -0.39 is 5.97 Å². The van der Waals surface area contributed by atoms with Crippen LogP contribution in [0.15, 0.2) is 22.7 Å². The average Bonchev–Trinajstić information content (AvgIpc) is 2.30. The van der Waals surface area contributed by atoms with Gasteiger partial charge in [0.2, 0.25) is 0 Å². The van der Waals surface area contributed by atoms with Crippen LogP contribution < -0.4 is 4.74 Å². The lowest BCUT2D eigenvalue weighted by Gasteiger charge is -2.08. The van der Waals surface area contributed by atoms with E-state index in [4.69, 9.17) is 14.6 Å². The van der Waals surface area contributed by atoms with Crippen molar-refractivity contribution in [3.05, 3.63) is 28.2 Å². The normalized spacial score (nSPS) is 10.2. The number of carboxylic acid groups (broad SMARTS) is 1. The van der Waals surface area contributed by atoms with Crippen molar-refractivity contribution < 1.29 is 19.4 Å². The van der Waals surface area contributed by atoms with E-state index in [0.717, 1.165) is 10.9 Å². The summed E-state index contributed by atoms with van der Waals surface area (Å²) < 4.78 is 11.4. The molecule has 0 aromatic heterocycles. The Morgan fingerprint density at radius 1 is 1.41 bits per heavy atom. The summed E-state index contributed by atoms with van der Waals surface area (Å²) in [5.74, 6) is -0.418. The Kier molecular flexibility index (Phi) is 6.00. The van der Waals surface area contributed by atoms with Gasteiger partial charge in [0.15, 0.2) is 0 Å². The highest BCUT2D eigenvalue weighted by atomic mass is 79.9. The molecular formula is C12H15BrO4. The molecule has 0 spiro atoms. The van der Waals surface area contributed by atoms with Crippen LogP contribution in [-0.2, 0) is 4.74 Å². The first-order chi connectivity index (χ1) is 8.15. The molecule has 4 nitrogen and oxygen atoms in total. The number of carboxylic acids is 1. The fourth-order valence-corrected chi connectivity index (χ4v) is 1.60. The van der Waals surface area contributed by atoms with Gasteiger partial charge in [0.1, 0.15) is 5.75 Å². The van der Waals surface area contributed by atoms with Gasteiger partial charge in [0.05, 0.1) is 16.6 Å². The van der Waals surface area contributed by atoms with Crippen LogP contribution in [0, 0.1) is 0 Å². The van der Waals surface area contributed by atoms with Crippen molar-refractivity contribution in [2.24, 2.45) is 0 Å². The van der Waals surface area contributed by atoms with Crippen LogP contribution in [0.4, 0.5) is 0 Å². The molecule has 0 unspecified atom stereocenters. The zero-order valence-corrected chi connectivity index (χ0v) is 11.2. The standard InChI is InChI=1S/C12H15BrO4/c1-2-16-6-3-7-17-11-8-9(12(14)15)4-5-10(11)13/h4-5,8H,2-3,6-7H2,1H3,(H,14,15). The fraction of sp³-hybridized carbons (Fsp3) is 0.417. The summed E-state index contributed by atoms with van der Waals surface area (Å²) in [6.07, 6.45) is 0.775. The fourth-order valence-electron chi connectivity index (χ4n) is 1.23. The molecule has 0 aliphatic heterocycles. The molecule has 0 atom stereocenters. The largest absolute Gasteiger partial charge is 0.492 e. The summed E-state index contributed by atoms with van der Waals surface area (Å²) in [6, 6.07) is 4.70. The van der Waals surface area contributed by atoms with Crippen molar-refractivity contribution in [2.45, 2.75) is 13.3 Å². The van der Waals surface area contributed by atoms with Crippen LogP contribution in [0.25, 0.3) is 0 Å². The minimum absolute atomic E-state index is 0.216. The number of aromatic carboxylic acids is 1. The molecule has 0 saturated heterocycles. The predicted octanol–water partition coefficient (Wildman–Crippen LogP) is 2.95. The Bertz CT molecular complexity index is 379. The molecule has 0 heterocycles. The molecule has 1 aromatic rings. The van der Waals surface area contributed by atoms with Crippen LogP contribution in [0.5, 0.6) is 5.75 Å². The van der Waals surface area contributed by atoms with E-state index in [1.807, 2.05) is 6.92 Å². The molecule has 17 heavy (non-hydrogen) atoms. The summed E-state index contributed by atoms with van der Waals surface area (Å²) in [5.41, 5.74) is 0.216. The molecule has 0 fully saturated rings. The average molecular weight is 303 g/mol. The second-order valence-corrected chi connectivity index (χ2v) is 4.20. The lowest BCUT2D eigenvalue weighted by molar-refractivity contribution is 0.0696. The Hall–Kier alpha value is -1.07. The van der Waals surface area contributed by atoms with Gasteiger partial charge in [0.25, 0.3) is 0 Å². The zero-order valence-electron chi connectivity index (χ0n) is 9.61. The van der Waals surface area contributed by atoms with E-state index in [1.54, 1.807) is 6.07 Å². The Morgan fingerprint density at radius 3 is 2.82 bits per heavy atom. The second-order valence-electron chi connectivity index (χ2n) is 3.35. The van der Waals surface area contributed by atoms with E-state index in [2.05, 4.69) is 15.9 Å². The van der Waals surface area contributed by atoms with Crippen molar-refractivity contribution >= 4 is 21.9 Å². The predicted molar refractivity (Wildman–Crippen MR) is 67.7 cm³/mol. The summed E-state index contributed by atoms with van der Waals surface area (Å²) in [6.45, 7) is 3.78. The van der Waals surface area contributed by atoms with Gasteiger partial charge in [-0.1, -0.05) is 0 Å². The van der Waals surface area contributed by atoms with E-state index in [-0.39, 0.29) is 5.56 Å². The quantitative estimate of drug-likeness (QED) is 0.787. The molecular weight excluding hydrogens is 288 g/mol. The number of benzene rings is 1. The molecule has 1 N–H and O–H groups in total. The van der Waals surface area contributed by atoms with Crippen LogP contribution in [-0.4, -0.2) is 30.9 Å². The summed E-state index contributed by atoms with van der Waals surface area (Å²) >= 11 is 3.31. The van der Waals surface area contributed by atoms with Gasteiger partial charge < -0.3 is 14.6 Å². The molecule has 0 bridgehead atoms. The number of hydrogen-bond donors (Lipinski definition) is 1. The monoisotopic (exact) mass is 302 g/mol. The van der Waals surface area contributed by atoms with Gasteiger partial charge >= 0.3 is 5.97 Å². The molecule has 0 radical (unpaired) electrons. The van der Waals surface area contributed by atoms with Gasteiger partial charge in [-0.25, -0.2) is 4.79 Å². The molecule has 1 aromatic carbocycles. The first kappa shape index (κ1) is 14.0. The maximum absolute atomic E-state index is 10.8. The van der Waals surface area contributed by atoms with Crippen molar-refractivity contribution in [1.29, 1.82) is 0 Å². The van der Waals surface area contributed by atoms with Gasteiger partial charge in [-0.2, -0.15) is 0 Å². The zero-order chi connectivity index (χ0) is 12.7. The minimum atomic E-state index is -0.961. The third kappa shape index (κ3) is 4.75. The van der Waals surface area contributed by atoms with Crippen molar-refractivity contribution in [3.8, 4) is 5.75 Å². The van der Waals surface area contributed by atoms with Crippen molar-refractivity contribution in [1.82, 2.24) is 0 Å². The molecule has 0 aliphatic carbocycles. The van der Waals surface area contributed by atoms with Crippen molar-refractivity contribution in [3.63, 3.8) is 0 Å². The van der Waals surface area contributed by atoms with E-state index in [1.165, 1.54) is 12.1 Å². The Labute approximate surface area is 109 Å². The highest BCUT2D eigenvalue weighted by Gasteiger charge is 2.07. The number of rotatable bonds is 7. The number of hydrogen-bond acceptors (Lipinski definition) is 3. The number of carbonyl (C=O) groups is 1. The van der Waals surface area contributed by atoms with Crippen molar-refractivity contribution in [2.75, 3.05) is 19.8 Å². The van der Waals surface area contributed by atoms with E-state index >= 15 is 0 Å². The first-order valence-electron chi connectivity index (χ1n) is 5.38. The van der Waals surface area contributed by atoms with Crippen LogP contribution >= 0.6 is 15.9 Å². The lowest BCUT2D eigenvalue weighted by Crippen LogP contribution is -2.04. The minimum Gasteiger partial charge on any atom is -0.492 e. The van der Waals surface area contributed by atoms with Gasteiger partial charge in [0, 0.05) is 19.6 Å². The maximum atomic E-state index is 10.8. The highest BCUT2D eigenvalue weighted by molar-refractivity contribution is 9.10. The number of ether oxygens (including phenoxy) is 2. The molecule has 0 amide bonds. The van der Waals surface area contributed by atoms with Crippen LogP contribution in [0.1, 0.15) is 23.7 Å². The Balaban J connectivity index is 2.51. The van der Waals surface area contributed by atoms with Gasteiger partial charge in [-0.3, -0.25) is 0 Å². The van der Waals surface area contributed by atoms with E-state index in [9.17, 15) is 4.79 Å². The van der Waals surface area contributed by atoms with Gasteiger partial charge in [-0.05, 0) is 41.1 Å². The summed E-state index contributed by atoms with van der Waals surface area (Å²) in [4.78, 5) is 10.8. The molecule has 5 heteroatoms.